The average molecular weight is 556 g/mol. The third-order valence-electron chi connectivity index (χ3n) is 6.17. The summed E-state index contributed by atoms with van der Waals surface area (Å²) in [6, 6.07) is 21.1. The number of hydrogen-bond donors (Lipinski definition) is 1. The Morgan fingerprint density at radius 1 is 0.974 bits per heavy atom. The van der Waals surface area contributed by atoms with Gasteiger partial charge in [0.25, 0.3) is 10.0 Å². The molecule has 1 N–H and O–H groups in total. The van der Waals surface area contributed by atoms with Gasteiger partial charge in [-0.1, -0.05) is 73.0 Å². The van der Waals surface area contributed by atoms with Crippen LogP contribution in [0.1, 0.15) is 37.8 Å². The summed E-state index contributed by atoms with van der Waals surface area (Å²) in [4.78, 5) is 28.3. The van der Waals surface area contributed by atoms with E-state index in [0.717, 1.165) is 28.3 Å². The van der Waals surface area contributed by atoms with Crippen LogP contribution in [0.3, 0.4) is 0 Å². The molecular formula is C29H34ClN3O4S. The maximum absolute atomic E-state index is 13.8. The number of aryl methyl sites for hydroxylation is 1. The van der Waals surface area contributed by atoms with E-state index in [1.807, 2.05) is 19.9 Å². The van der Waals surface area contributed by atoms with Crippen molar-refractivity contribution in [1.29, 1.82) is 0 Å². The van der Waals surface area contributed by atoms with Crippen LogP contribution in [0.2, 0.25) is 5.02 Å². The minimum atomic E-state index is -4.07. The van der Waals surface area contributed by atoms with Crippen molar-refractivity contribution in [2.45, 2.75) is 51.1 Å². The molecule has 0 radical (unpaired) electrons. The lowest BCUT2D eigenvalue weighted by atomic mass is 10.1. The normalized spacial score (nSPS) is 12.0. The zero-order chi connectivity index (χ0) is 27.7. The number of nitrogens with one attached hydrogen (secondary N) is 1. The fraction of sp³-hybridized carbons (Fsp3) is 0.310. The summed E-state index contributed by atoms with van der Waals surface area (Å²) in [5.41, 5.74) is 2.04. The number of carbonyl (C=O) groups is 2. The van der Waals surface area contributed by atoms with E-state index in [9.17, 15) is 18.0 Å². The molecule has 3 aromatic carbocycles. The minimum Gasteiger partial charge on any atom is -0.354 e. The second-order valence-corrected chi connectivity index (χ2v) is 11.4. The van der Waals surface area contributed by atoms with Crippen LogP contribution >= 0.6 is 11.6 Å². The molecule has 9 heteroatoms. The van der Waals surface area contributed by atoms with Gasteiger partial charge in [-0.25, -0.2) is 8.42 Å². The van der Waals surface area contributed by atoms with Crippen LogP contribution in [0.25, 0.3) is 0 Å². The van der Waals surface area contributed by atoms with Gasteiger partial charge in [0, 0.05) is 18.1 Å². The third-order valence-corrected chi connectivity index (χ3v) is 8.19. The molecule has 0 aliphatic carbocycles. The molecular weight excluding hydrogens is 522 g/mol. The van der Waals surface area contributed by atoms with Gasteiger partial charge in [-0.3, -0.25) is 13.9 Å². The zero-order valence-corrected chi connectivity index (χ0v) is 23.5. The van der Waals surface area contributed by atoms with Crippen molar-refractivity contribution < 1.29 is 18.0 Å². The molecule has 0 aliphatic heterocycles. The van der Waals surface area contributed by atoms with Gasteiger partial charge in [0.05, 0.1) is 10.6 Å². The summed E-state index contributed by atoms with van der Waals surface area (Å²) in [5.74, 6) is -0.815. The Morgan fingerprint density at radius 2 is 1.66 bits per heavy atom. The second kappa shape index (κ2) is 13.4. The summed E-state index contributed by atoms with van der Waals surface area (Å²) in [6.07, 6.45) is 1.74. The highest BCUT2D eigenvalue weighted by atomic mass is 35.5. The van der Waals surface area contributed by atoms with Gasteiger partial charge in [0.2, 0.25) is 11.8 Å². The number of hydrogen-bond acceptors (Lipinski definition) is 4. The van der Waals surface area contributed by atoms with E-state index in [0.29, 0.717) is 17.3 Å². The van der Waals surface area contributed by atoms with E-state index in [4.69, 9.17) is 11.6 Å². The Labute approximate surface area is 230 Å². The largest absolute Gasteiger partial charge is 0.354 e. The Bertz CT molecular complexity index is 1330. The van der Waals surface area contributed by atoms with Crippen molar-refractivity contribution in [3.8, 4) is 0 Å². The van der Waals surface area contributed by atoms with Crippen LogP contribution in [0, 0.1) is 6.92 Å². The van der Waals surface area contributed by atoms with E-state index < -0.39 is 28.5 Å². The molecule has 2 amide bonds. The first-order valence-electron chi connectivity index (χ1n) is 12.6. The molecule has 0 aliphatic rings. The van der Waals surface area contributed by atoms with Crippen LogP contribution < -0.4 is 9.62 Å². The third kappa shape index (κ3) is 7.58. The van der Waals surface area contributed by atoms with Crippen LogP contribution in [-0.4, -0.2) is 44.3 Å². The summed E-state index contributed by atoms with van der Waals surface area (Å²) in [5, 5.41) is 3.38. The molecule has 0 saturated carbocycles. The Morgan fingerprint density at radius 3 is 2.29 bits per heavy atom. The molecule has 1 atom stereocenters. The first-order chi connectivity index (χ1) is 18.1. The maximum atomic E-state index is 13.8. The van der Waals surface area contributed by atoms with E-state index in [-0.39, 0.29) is 17.3 Å². The lowest BCUT2D eigenvalue weighted by Crippen LogP contribution is -2.51. The summed E-state index contributed by atoms with van der Waals surface area (Å²) in [6.45, 7) is 5.68. The van der Waals surface area contributed by atoms with Crippen LogP contribution in [0.4, 0.5) is 5.69 Å². The smallest absolute Gasteiger partial charge is 0.264 e. The lowest BCUT2D eigenvalue weighted by Gasteiger charge is -2.32. The van der Waals surface area contributed by atoms with Gasteiger partial charge in [-0.2, -0.15) is 0 Å². The van der Waals surface area contributed by atoms with E-state index in [1.165, 1.54) is 17.0 Å². The van der Waals surface area contributed by atoms with Crippen LogP contribution in [0.15, 0.2) is 83.8 Å². The Hall–Kier alpha value is -3.36. The molecule has 0 aromatic heterocycles. The monoisotopic (exact) mass is 555 g/mol. The van der Waals surface area contributed by atoms with Crippen molar-refractivity contribution in [1.82, 2.24) is 10.2 Å². The van der Waals surface area contributed by atoms with Gasteiger partial charge in [0.15, 0.2) is 0 Å². The number of benzene rings is 3. The molecule has 0 bridgehead atoms. The van der Waals surface area contributed by atoms with Crippen molar-refractivity contribution in [2.75, 3.05) is 17.4 Å². The van der Waals surface area contributed by atoms with Crippen molar-refractivity contribution in [3.05, 3.63) is 95.0 Å². The minimum absolute atomic E-state index is 0.0696. The Balaban J connectivity index is 1.98. The molecule has 0 spiro atoms. The molecule has 7 nitrogen and oxygen atoms in total. The topological polar surface area (TPSA) is 86.8 Å². The number of anilines is 1. The summed E-state index contributed by atoms with van der Waals surface area (Å²) in [7, 11) is -4.07. The zero-order valence-electron chi connectivity index (χ0n) is 21.9. The van der Waals surface area contributed by atoms with Gasteiger partial charge in [-0.15, -0.1) is 0 Å². The second-order valence-electron chi connectivity index (χ2n) is 9.13. The first-order valence-corrected chi connectivity index (χ1v) is 14.4. The van der Waals surface area contributed by atoms with Gasteiger partial charge in [-0.05, 0) is 62.2 Å². The standard InChI is InChI=1S/C29H34ClN3O4S/c1-4-5-18-31-29(35)23(3)32(20-24-10-9-11-25(30)19-24)28(34)21-33(26-16-14-22(2)15-17-26)38(36,37)27-12-7-6-8-13-27/h6-17,19,23H,4-5,18,20-21H2,1-3H3,(H,31,35). The summed E-state index contributed by atoms with van der Waals surface area (Å²) >= 11 is 6.17. The number of amides is 2. The number of unbranched alkanes of at least 4 members (excludes halogenated alkanes) is 1. The van der Waals surface area contributed by atoms with Crippen LogP contribution in [-0.2, 0) is 26.2 Å². The van der Waals surface area contributed by atoms with E-state index >= 15 is 0 Å². The molecule has 0 fully saturated rings. The van der Waals surface area contributed by atoms with Crippen LogP contribution in [0.5, 0.6) is 0 Å². The fourth-order valence-electron chi connectivity index (χ4n) is 3.91. The molecule has 0 saturated heterocycles. The maximum Gasteiger partial charge on any atom is 0.264 e. The molecule has 38 heavy (non-hydrogen) atoms. The Kier molecular flexibility index (Phi) is 10.3. The molecule has 1 unspecified atom stereocenters. The molecule has 0 heterocycles. The highest BCUT2D eigenvalue weighted by Crippen LogP contribution is 2.25. The molecule has 3 rings (SSSR count). The van der Waals surface area contributed by atoms with Crippen molar-refractivity contribution >= 4 is 39.1 Å². The van der Waals surface area contributed by atoms with Gasteiger partial charge < -0.3 is 10.2 Å². The number of rotatable bonds is 12. The van der Waals surface area contributed by atoms with Crippen molar-refractivity contribution in [3.63, 3.8) is 0 Å². The summed E-state index contributed by atoms with van der Waals surface area (Å²) < 4.78 is 28.5. The SMILES string of the molecule is CCCCNC(=O)C(C)N(Cc1cccc(Cl)c1)C(=O)CN(c1ccc(C)cc1)S(=O)(=O)c1ccccc1. The number of carbonyl (C=O) groups excluding carboxylic acids is 2. The number of halogens is 1. The predicted octanol–water partition coefficient (Wildman–Crippen LogP) is 5.18. The lowest BCUT2D eigenvalue weighted by molar-refractivity contribution is -0.139. The molecule has 202 valence electrons. The number of nitrogens with zero attached hydrogens (tertiary/aromatic N) is 2. The average Bonchev–Trinajstić information content (AvgIpc) is 2.91. The highest BCUT2D eigenvalue weighted by molar-refractivity contribution is 7.92. The predicted molar refractivity (Wildman–Crippen MR) is 152 cm³/mol. The molecule has 3 aromatic rings. The quantitative estimate of drug-likeness (QED) is 0.312. The highest BCUT2D eigenvalue weighted by Gasteiger charge is 2.32. The fourth-order valence-corrected chi connectivity index (χ4v) is 5.56. The van der Waals surface area contributed by atoms with E-state index in [2.05, 4.69) is 5.32 Å². The first kappa shape index (κ1) is 29.2. The van der Waals surface area contributed by atoms with Crippen molar-refractivity contribution in [2.24, 2.45) is 0 Å². The van der Waals surface area contributed by atoms with E-state index in [1.54, 1.807) is 67.6 Å². The number of sulfonamides is 1. The van der Waals surface area contributed by atoms with Gasteiger partial charge >= 0.3 is 0 Å². The van der Waals surface area contributed by atoms with Gasteiger partial charge in [0.1, 0.15) is 12.6 Å².